The maximum Gasteiger partial charge on any atom is 0.0471 e. The van der Waals surface area contributed by atoms with Gasteiger partial charge in [0.1, 0.15) is 0 Å². The van der Waals surface area contributed by atoms with E-state index < -0.39 is 0 Å². The molecule has 0 spiro atoms. The number of anilines is 6. The molecule has 6 aromatic rings. The Morgan fingerprint density at radius 2 is 0.553 bits per heavy atom. The van der Waals surface area contributed by atoms with Crippen molar-refractivity contribution in [2.75, 3.05) is 29.6 Å². The van der Waals surface area contributed by atoms with Crippen LogP contribution in [0.4, 0.5) is 34.1 Å². The van der Waals surface area contributed by atoms with Crippen LogP contribution in [0.1, 0.15) is 16.7 Å². The lowest BCUT2D eigenvalue weighted by Gasteiger charge is -2.26. The fraction of sp³-hybridized carbons (Fsp3) is 0.143. The van der Waals surface area contributed by atoms with Crippen LogP contribution in [0, 0.1) is 0 Å². The quantitative estimate of drug-likeness (QED) is 0.120. The van der Waals surface area contributed by atoms with Crippen molar-refractivity contribution in [1.29, 1.82) is 0 Å². The van der Waals surface area contributed by atoms with Crippen LogP contribution in [0.2, 0.25) is 0 Å². The molecule has 0 fully saturated rings. The topological polar surface area (TPSA) is 67.2 Å². The summed E-state index contributed by atoms with van der Waals surface area (Å²) in [6, 6.07) is 52.6. The number of nitrogens with zero attached hydrogens (tertiary/aromatic N) is 2. The lowest BCUT2D eigenvalue weighted by atomic mass is 10.0. The van der Waals surface area contributed by atoms with Crippen LogP contribution in [0.3, 0.4) is 0 Å². The standard InChI is InChI=1S/C42H40N2O3/c45-29-26-32-6-16-38(17-7-32)43(37-4-2-1-3-5-37)41-22-12-35(13-23-41)36-14-24-42(25-15-36)44(39-18-8-33(9-19-39)27-30-46)40-20-10-34(11-21-40)28-31-47/h1-25,45-47H,26-31H2. The van der Waals surface area contributed by atoms with Crippen molar-refractivity contribution in [2.45, 2.75) is 19.3 Å². The predicted octanol–water partition coefficient (Wildman–Crippen LogP) is 8.90. The van der Waals surface area contributed by atoms with Gasteiger partial charge in [-0.25, -0.2) is 0 Å². The summed E-state index contributed by atoms with van der Waals surface area (Å²) in [4.78, 5) is 4.47. The second kappa shape index (κ2) is 15.4. The molecule has 5 nitrogen and oxygen atoms in total. The predicted molar refractivity (Wildman–Crippen MR) is 194 cm³/mol. The van der Waals surface area contributed by atoms with E-state index in [0.29, 0.717) is 19.3 Å². The molecule has 0 aliphatic rings. The molecule has 0 heterocycles. The Bertz CT molecular complexity index is 1770. The number of rotatable bonds is 13. The number of aliphatic hydroxyl groups is 3. The Morgan fingerprint density at radius 3 is 0.830 bits per heavy atom. The maximum atomic E-state index is 9.38. The zero-order valence-electron chi connectivity index (χ0n) is 26.4. The third-order valence-electron chi connectivity index (χ3n) is 8.38. The Hall–Kier alpha value is -5.20. The summed E-state index contributed by atoms with van der Waals surface area (Å²) >= 11 is 0. The van der Waals surface area contributed by atoms with E-state index in [-0.39, 0.29) is 19.8 Å². The van der Waals surface area contributed by atoms with Crippen molar-refractivity contribution >= 4 is 34.1 Å². The Kier molecular flexibility index (Phi) is 10.4. The molecule has 0 amide bonds. The molecule has 6 rings (SSSR count). The number of hydrogen-bond acceptors (Lipinski definition) is 5. The van der Waals surface area contributed by atoms with Gasteiger partial charge in [0.25, 0.3) is 0 Å². The van der Waals surface area contributed by atoms with Gasteiger partial charge in [0.05, 0.1) is 0 Å². The van der Waals surface area contributed by atoms with E-state index in [0.717, 1.165) is 61.9 Å². The molecular weight excluding hydrogens is 580 g/mol. The Labute approximate surface area is 277 Å². The fourth-order valence-corrected chi connectivity index (χ4v) is 5.90. The molecule has 0 aliphatic carbocycles. The first-order valence-corrected chi connectivity index (χ1v) is 16.1. The average Bonchev–Trinajstić information content (AvgIpc) is 3.12. The highest BCUT2D eigenvalue weighted by molar-refractivity contribution is 5.80. The summed E-state index contributed by atoms with van der Waals surface area (Å²) in [6.45, 7) is 0.389. The molecule has 3 N–H and O–H groups in total. The molecule has 0 aliphatic heterocycles. The summed E-state index contributed by atoms with van der Waals surface area (Å²) in [5.74, 6) is 0. The largest absolute Gasteiger partial charge is 0.396 e. The van der Waals surface area contributed by atoms with Crippen molar-refractivity contribution in [3.63, 3.8) is 0 Å². The highest BCUT2D eigenvalue weighted by atomic mass is 16.3. The summed E-state index contributed by atoms with van der Waals surface area (Å²) in [5, 5.41) is 28.1. The normalized spacial score (nSPS) is 11.0. The highest BCUT2D eigenvalue weighted by Crippen LogP contribution is 2.38. The smallest absolute Gasteiger partial charge is 0.0471 e. The van der Waals surface area contributed by atoms with Crippen LogP contribution in [0.5, 0.6) is 0 Å². The van der Waals surface area contributed by atoms with Crippen LogP contribution in [0.25, 0.3) is 11.1 Å². The van der Waals surface area contributed by atoms with Gasteiger partial charge in [0, 0.05) is 53.9 Å². The van der Waals surface area contributed by atoms with Gasteiger partial charge in [-0.3, -0.25) is 0 Å². The maximum absolute atomic E-state index is 9.38. The van der Waals surface area contributed by atoms with Crippen molar-refractivity contribution in [3.05, 3.63) is 168 Å². The van der Waals surface area contributed by atoms with Gasteiger partial charge in [0.15, 0.2) is 0 Å². The third-order valence-corrected chi connectivity index (χ3v) is 8.38. The molecule has 0 radical (unpaired) electrons. The third kappa shape index (κ3) is 7.62. The molecule has 236 valence electrons. The first-order chi connectivity index (χ1) is 23.2. The van der Waals surface area contributed by atoms with E-state index in [2.05, 4.69) is 155 Å². The highest BCUT2D eigenvalue weighted by Gasteiger charge is 2.15. The van der Waals surface area contributed by atoms with Crippen molar-refractivity contribution in [1.82, 2.24) is 0 Å². The number of hydrogen-bond donors (Lipinski definition) is 3. The molecule has 0 bridgehead atoms. The van der Waals surface area contributed by atoms with Crippen LogP contribution in [-0.2, 0) is 19.3 Å². The van der Waals surface area contributed by atoms with Crippen molar-refractivity contribution in [2.24, 2.45) is 0 Å². The van der Waals surface area contributed by atoms with E-state index >= 15 is 0 Å². The summed E-state index contributed by atoms with van der Waals surface area (Å²) < 4.78 is 0. The van der Waals surface area contributed by atoms with Crippen molar-refractivity contribution in [3.8, 4) is 11.1 Å². The first kappa shape index (κ1) is 31.8. The summed E-state index contributed by atoms with van der Waals surface area (Å²) in [7, 11) is 0. The lowest BCUT2D eigenvalue weighted by Crippen LogP contribution is -2.10. The molecule has 0 saturated heterocycles. The molecule has 0 atom stereocenters. The molecule has 0 saturated carbocycles. The Morgan fingerprint density at radius 1 is 0.298 bits per heavy atom. The fourth-order valence-electron chi connectivity index (χ4n) is 5.90. The minimum atomic E-state index is 0.126. The molecule has 0 aromatic heterocycles. The Balaban J connectivity index is 1.29. The monoisotopic (exact) mass is 620 g/mol. The summed E-state index contributed by atoms with van der Waals surface area (Å²) in [5.41, 5.74) is 11.8. The second-order valence-corrected chi connectivity index (χ2v) is 11.5. The minimum Gasteiger partial charge on any atom is -0.396 e. The van der Waals surface area contributed by atoms with Crippen LogP contribution in [0.15, 0.2) is 152 Å². The van der Waals surface area contributed by atoms with Crippen molar-refractivity contribution < 1.29 is 15.3 Å². The van der Waals surface area contributed by atoms with Crippen LogP contribution < -0.4 is 9.80 Å². The minimum absolute atomic E-state index is 0.126. The lowest BCUT2D eigenvalue weighted by molar-refractivity contribution is 0.299. The van der Waals surface area contributed by atoms with E-state index in [1.807, 2.05) is 6.07 Å². The van der Waals surface area contributed by atoms with Gasteiger partial charge in [-0.1, -0.05) is 78.9 Å². The van der Waals surface area contributed by atoms with Gasteiger partial charge in [-0.2, -0.15) is 0 Å². The van der Waals surface area contributed by atoms with E-state index in [1.54, 1.807) is 0 Å². The number of benzene rings is 6. The zero-order chi connectivity index (χ0) is 32.4. The van der Waals surface area contributed by atoms with E-state index in [9.17, 15) is 15.3 Å². The van der Waals surface area contributed by atoms with Crippen LogP contribution in [-0.4, -0.2) is 35.1 Å². The SMILES string of the molecule is OCCc1ccc(N(c2ccccc2)c2ccc(-c3ccc(N(c4ccc(CCO)cc4)c4ccc(CCO)cc4)cc3)cc2)cc1. The zero-order valence-corrected chi connectivity index (χ0v) is 26.4. The number of para-hydroxylation sites is 1. The molecule has 6 aromatic carbocycles. The summed E-state index contributed by atoms with van der Waals surface area (Å²) in [6.07, 6.45) is 1.90. The molecule has 0 unspecified atom stereocenters. The van der Waals surface area contributed by atoms with Gasteiger partial charge < -0.3 is 25.1 Å². The van der Waals surface area contributed by atoms with Gasteiger partial charge in [0.2, 0.25) is 0 Å². The molecular formula is C42H40N2O3. The van der Waals surface area contributed by atoms with Crippen LogP contribution >= 0.6 is 0 Å². The van der Waals surface area contributed by atoms with E-state index in [1.165, 1.54) is 0 Å². The number of aliphatic hydroxyl groups excluding tert-OH is 3. The van der Waals surface area contributed by atoms with E-state index in [4.69, 9.17) is 0 Å². The molecule has 47 heavy (non-hydrogen) atoms. The average molecular weight is 621 g/mol. The molecule has 5 heteroatoms. The van der Waals surface area contributed by atoms with Gasteiger partial charge >= 0.3 is 0 Å². The van der Waals surface area contributed by atoms with Gasteiger partial charge in [-0.05, 0) is 120 Å². The first-order valence-electron chi connectivity index (χ1n) is 16.1. The van der Waals surface area contributed by atoms with Gasteiger partial charge in [-0.15, -0.1) is 0 Å². The second-order valence-electron chi connectivity index (χ2n) is 11.5.